The van der Waals surface area contributed by atoms with E-state index >= 15 is 0 Å². The van der Waals surface area contributed by atoms with Crippen LogP contribution in [0.4, 0.5) is 0 Å². The van der Waals surface area contributed by atoms with E-state index in [1.807, 2.05) is 24.3 Å². The van der Waals surface area contributed by atoms with Gasteiger partial charge in [0, 0.05) is 47.0 Å². The Bertz CT molecular complexity index is 2370. The van der Waals surface area contributed by atoms with E-state index < -0.39 is 29.1 Å². The minimum absolute atomic E-state index is 0. The van der Waals surface area contributed by atoms with Gasteiger partial charge in [-0.1, -0.05) is 140 Å². The van der Waals surface area contributed by atoms with Crippen LogP contribution in [0.2, 0.25) is 0 Å². The van der Waals surface area contributed by atoms with Crippen LogP contribution in [0, 0.1) is 104 Å². The van der Waals surface area contributed by atoms with Gasteiger partial charge in [0.15, 0.2) is 8.59 Å². The number of hydrogen-bond acceptors (Lipinski definition) is 12. The van der Waals surface area contributed by atoms with Gasteiger partial charge in [0.05, 0.1) is 22.8 Å². The van der Waals surface area contributed by atoms with E-state index in [9.17, 15) is 0 Å². The number of alkyl halides is 6. The molecule has 0 spiro atoms. The summed E-state index contributed by atoms with van der Waals surface area (Å²) >= 11 is 28.8. The van der Waals surface area contributed by atoms with Crippen molar-refractivity contribution in [3.05, 3.63) is 164 Å². The molecule has 0 aliphatic heterocycles. The second-order valence-electron chi connectivity index (χ2n) is 16.2. The maximum absolute atomic E-state index is 8.49. The first-order valence-electron chi connectivity index (χ1n) is 21.6. The van der Waals surface area contributed by atoms with Crippen molar-refractivity contribution in [3.8, 4) is 45.0 Å². The molecular weight excluding hydrogens is 1190 g/mol. The SMILES string of the molecule is Cc1cc(C)c(-c2ccn[nH]2)c(C)c1.Cc1cc(C)c(-c2ccn[nH]2)c(C)c1.Cc1cc(C)c(-c2ccn[nH]2)c(C)c1.Cc1cc(C)c(-c2ccn[nH]2)c(C)c1.ClC(Cl)Cl.ClC(Cl)Cl.[O-][Cl+3]([O-])([O-])[O-].[O-][Cl+3]([O-])([O-])[O-].[Zn+2]. The molecule has 0 saturated carbocycles. The van der Waals surface area contributed by atoms with Gasteiger partial charge in [-0.05, 0) is 152 Å². The molecule has 0 aliphatic rings. The molecule has 404 valence electrons. The van der Waals surface area contributed by atoms with Crippen molar-refractivity contribution in [3.63, 3.8) is 0 Å². The third kappa shape index (κ3) is 30.2. The van der Waals surface area contributed by atoms with Gasteiger partial charge in [-0.3, -0.25) is 20.4 Å². The van der Waals surface area contributed by atoms with Crippen LogP contribution < -0.4 is 37.3 Å². The fraction of sp³-hybridized carbons (Fsp3) is 0.280. The number of H-pyrrole nitrogens is 4. The van der Waals surface area contributed by atoms with Crippen LogP contribution in [0.1, 0.15) is 66.8 Å². The Kier molecular flexibility index (Phi) is 33.3. The normalized spacial score (nSPS) is 10.4. The second-order valence-corrected chi connectivity index (χ2v) is 21.7. The van der Waals surface area contributed by atoms with Crippen molar-refractivity contribution >= 4 is 69.6 Å². The van der Waals surface area contributed by atoms with E-state index in [0.717, 1.165) is 22.8 Å². The van der Waals surface area contributed by atoms with Gasteiger partial charge in [-0.15, -0.1) is 20.5 Å². The average molecular weight is 1250 g/mol. The molecule has 8 rings (SSSR count). The molecular formula is C50H58Cl8N8O8Zn. The number of hydrogen-bond donors (Lipinski definition) is 4. The summed E-state index contributed by atoms with van der Waals surface area (Å²) in [6.45, 7) is 25.6. The van der Waals surface area contributed by atoms with E-state index in [-0.39, 0.29) is 19.5 Å². The molecule has 4 N–H and O–H groups in total. The topological polar surface area (TPSA) is 299 Å². The van der Waals surface area contributed by atoms with Crippen molar-refractivity contribution in [2.24, 2.45) is 0 Å². The molecule has 16 nitrogen and oxygen atoms in total. The zero-order valence-corrected chi connectivity index (χ0v) is 52.2. The van der Waals surface area contributed by atoms with Crippen LogP contribution in [0.25, 0.3) is 45.0 Å². The van der Waals surface area contributed by atoms with E-state index in [2.05, 4.69) is 172 Å². The summed E-state index contributed by atoms with van der Waals surface area (Å²) < 4.78 is 66.4. The van der Waals surface area contributed by atoms with E-state index in [1.54, 1.807) is 24.8 Å². The molecule has 4 aromatic carbocycles. The molecule has 0 saturated heterocycles. The smallest absolute Gasteiger partial charge is 0.278 e. The standard InChI is InChI=1S/4C12H14N2.2CHCl3.2ClHO4.Zn/c4*1-8-6-9(2)12(10(3)7-8)11-4-5-13-14-11;2*2-1(3)4;2*2-1(3,4)5;/h4*4-7H,1-3H3,(H,13,14);2*1H;2*(H,2,3,4,5);/q;;;;;;;;+2/p-2. The van der Waals surface area contributed by atoms with Gasteiger partial charge in [0.25, 0.3) is 0 Å². The number of halogens is 8. The summed E-state index contributed by atoms with van der Waals surface area (Å²) in [5.74, 6) is 0. The number of nitrogens with one attached hydrogen (secondary N) is 4. The molecule has 4 aromatic heterocycles. The summed E-state index contributed by atoms with van der Waals surface area (Å²) in [5.41, 5.74) is 25.1. The Morgan fingerprint density at radius 3 is 0.533 bits per heavy atom. The number of aryl methyl sites for hydroxylation is 12. The number of aromatic nitrogens is 8. The average Bonchev–Trinajstić information content (AvgIpc) is 4.06. The summed E-state index contributed by atoms with van der Waals surface area (Å²) in [7, 11) is -9.89. The van der Waals surface area contributed by atoms with Gasteiger partial charge in [-0.25, -0.2) is 37.3 Å². The molecule has 0 atom stereocenters. The predicted molar refractivity (Wildman–Crippen MR) is 276 cm³/mol. The molecule has 0 unspecified atom stereocenters. The Balaban J connectivity index is 0.000000875. The number of benzene rings is 4. The van der Waals surface area contributed by atoms with Gasteiger partial charge in [0.2, 0.25) is 0 Å². The summed E-state index contributed by atoms with van der Waals surface area (Å²) in [6.07, 6.45) is 7.14. The molecule has 25 heteroatoms. The molecule has 0 fully saturated rings. The van der Waals surface area contributed by atoms with Crippen molar-refractivity contribution in [1.29, 1.82) is 0 Å². The Morgan fingerprint density at radius 1 is 0.320 bits per heavy atom. The minimum atomic E-state index is -4.94. The predicted octanol–water partition coefficient (Wildman–Crippen LogP) is 6.47. The molecule has 0 amide bonds. The summed E-state index contributed by atoms with van der Waals surface area (Å²) in [4.78, 5) is 0. The maximum atomic E-state index is 8.49. The molecule has 4 heterocycles. The minimum Gasteiger partial charge on any atom is -0.278 e. The van der Waals surface area contributed by atoms with Gasteiger partial charge < -0.3 is 0 Å². The summed E-state index contributed by atoms with van der Waals surface area (Å²) in [6, 6.07) is 25.6. The molecule has 0 radical (unpaired) electrons. The number of nitrogens with zero attached hydrogens (tertiary/aromatic N) is 4. The zero-order valence-electron chi connectivity index (χ0n) is 43.2. The van der Waals surface area contributed by atoms with E-state index in [1.165, 1.54) is 89.0 Å². The Hall–Kier alpha value is -3.66. The fourth-order valence-corrected chi connectivity index (χ4v) is 8.00. The van der Waals surface area contributed by atoms with Crippen molar-refractivity contribution in [2.45, 2.75) is 91.7 Å². The quantitative estimate of drug-likeness (QED) is 0.109. The van der Waals surface area contributed by atoms with Crippen LogP contribution in [-0.2, 0) is 19.5 Å². The van der Waals surface area contributed by atoms with Crippen LogP contribution in [0.15, 0.2) is 97.6 Å². The molecule has 0 aliphatic carbocycles. The van der Waals surface area contributed by atoms with Gasteiger partial charge in [-0.2, -0.15) is 20.4 Å². The Morgan fingerprint density at radius 2 is 0.440 bits per heavy atom. The fourth-order valence-electron chi connectivity index (χ4n) is 8.00. The monoisotopic (exact) mass is 1240 g/mol. The first kappa shape index (κ1) is 71.3. The van der Waals surface area contributed by atoms with Crippen molar-refractivity contribution in [2.75, 3.05) is 0 Å². The maximum Gasteiger partial charge on any atom is 2.00 e. The third-order valence-electron chi connectivity index (χ3n) is 9.79. The van der Waals surface area contributed by atoms with Crippen molar-refractivity contribution < 1.29 is 77.2 Å². The zero-order chi connectivity index (χ0) is 56.7. The molecule has 0 bridgehead atoms. The van der Waals surface area contributed by atoms with Gasteiger partial charge in [0.1, 0.15) is 0 Å². The van der Waals surface area contributed by atoms with Crippen LogP contribution in [-0.4, -0.2) is 49.4 Å². The van der Waals surface area contributed by atoms with Crippen LogP contribution in [0.5, 0.6) is 0 Å². The van der Waals surface area contributed by atoms with Crippen LogP contribution >= 0.6 is 69.6 Å². The molecule has 8 aromatic rings. The Labute approximate surface area is 485 Å². The van der Waals surface area contributed by atoms with Crippen LogP contribution in [0.3, 0.4) is 0 Å². The van der Waals surface area contributed by atoms with Crippen molar-refractivity contribution in [1.82, 2.24) is 40.8 Å². The van der Waals surface area contributed by atoms with E-state index in [4.69, 9.17) is 107 Å². The first-order valence-corrected chi connectivity index (χ1v) is 26.7. The molecule has 75 heavy (non-hydrogen) atoms. The first-order chi connectivity index (χ1) is 34.2. The van der Waals surface area contributed by atoms with E-state index in [0.29, 0.717) is 0 Å². The van der Waals surface area contributed by atoms with Gasteiger partial charge >= 0.3 is 19.5 Å². The number of rotatable bonds is 4. The summed E-state index contributed by atoms with van der Waals surface area (Å²) in [5, 5.41) is 27.9. The largest absolute Gasteiger partial charge is 2.00 e. The number of aromatic amines is 4. The second kappa shape index (κ2) is 35.0. The third-order valence-corrected chi connectivity index (χ3v) is 9.79.